The van der Waals surface area contributed by atoms with Crippen molar-refractivity contribution in [1.82, 2.24) is 0 Å². The summed E-state index contributed by atoms with van der Waals surface area (Å²) in [4.78, 5) is 0. The van der Waals surface area contributed by atoms with Crippen LogP contribution >= 0.6 is 0 Å². The van der Waals surface area contributed by atoms with Gasteiger partial charge in [-0.2, -0.15) is 0 Å². The molecule has 4 heteroatoms. The molecule has 4 nitrogen and oxygen atoms in total. The Balaban J connectivity index is 1.54. The van der Waals surface area contributed by atoms with Crippen LogP contribution in [0.5, 0.6) is 11.5 Å². The SMILES string of the molecule is [O-][N+]1(CC2CC2)CC[C@]23c4c5ccc(O)c4OC2CCC[C@H]3[C@H]1C5. The van der Waals surface area contributed by atoms with Crippen LogP contribution in [0, 0.1) is 17.0 Å². The Morgan fingerprint density at radius 3 is 2.96 bits per heavy atom. The van der Waals surface area contributed by atoms with Crippen molar-refractivity contribution in [2.24, 2.45) is 11.8 Å². The number of hydrogen-bond acceptors (Lipinski definition) is 3. The lowest BCUT2D eigenvalue weighted by Crippen LogP contribution is -2.70. The third kappa shape index (κ3) is 1.53. The molecule has 2 unspecified atom stereocenters. The smallest absolute Gasteiger partial charge is 0.165 e. The second-order valence-electron chi connectivity index (χ2n) is 8.96. The highest BCUT2D eigenvalue weighted by molar-refractivity contribution is 5.60. The van der Waals surface area contributed by atoms with Gasteiger partial charge in [0, 0.05) is 30.2 Å². The summed E-state index contributed by atoms with van der Waals surface area (Å²) in [7, 11) is 0. The van der Waals surface area contributed by atoms with Crippen LogP contribution in [0.3, 0.4) is 0 Å². The molecule has 0 aromatic heterocycles. The number of phenols is 1. The molecular weight excluding hydrogens is 302 g/mol. The summed E-state index contributed by atoms with van der Waals surface area (Å²) in [6, 6.07) is 4.04. The van der Waals surface area contributed by atoms with Crippen molar-refractivity contribution < 1.29 is 14.5 Å². The van der Waals surface area contributed by atoms with Gasteiger partial charge in [0.15, 0.2) is 11.5 Å². The molecule has 2 heterocycles. The molecule has 1 aromatic carbocycles. The van der Waals surface area contributed by atoms with Crippen molar-refractivity contribution in [3.05, 3.63) is 28.5 Å². The van der Waals surface area contributed by atoms with Crippen LogP contribution in [-0.2, 0) is 11.8 Å². The van der Waals surface area contributed by atoms with Crippen molar-refractivity contribution in [2.75, 3.05) is 13.1 Å². The van der Waals surface area contributed by atoms with E-state index in [1.165, 1.54) is 24.0 Å². The number of likely N-dealkylation sites (tertiary alicyclic amines) is 1. The number of hydrogen-bond donors (Lipinski definition) is 1. The Morgan fingerprint density at radius 2 is 2.12 bits per heavy atom. The van der Waals surface area contributed by atoms with Crippen LogP contribution in [0.1, 0.15) is 49.7 Å². The molecule has 1 aromatic rings. The van der Waals surface area contributed by atoms with Crippen LogP contribution < -0.4 is 4.74 Å². The highest BCUT2D eigenvalue weighted by Crippen LogP contribution is 2.64. The van der Waals surface area contributed by atoms with E-state index in [-0.39, 0.29) is 22.2 Å². The van der Waals surface area contributed by atoms with Gasteiger partial charge >= 0.3 is 0 Å². The fourth-order valence-corrected chi connectivity index (χ4v) is 6.72. The summed E-state index contributed by atoms with van der Waals surface area (Å²) < 4.78 is 6.35. The highest BCUT2D eigenvalue weighted by atomic mass is 16.5. The van der Waals surface area contributed by atoms with Gasteiger partial charge in [-0.15, -0.1) is 0 Å². The Morgan fingerprint density at radius 1 is 1.25 bits per heavy atom. The summed E-state index contributed by atoms with van der Waals surface area (Å²) in [5.74, 6) is 2.15. The van der Waals surface area contributed by atoms with Gasteiger partial charge in [0.2, 0.25) is 0 Å². The summed E-state index contributed by atoms with van der Waals surface area (Å²) in [5, 5.41) is 24.2. The molecule has 2 saturated carbocycles. The average molecular weight is 327 g/mol. The second kappa shape index (κ2) is 4.28. The number of phenolic OH excluding ortho intramolecular Hbond substituents is 1. The van der Waals surface area contributed by atoms with Crippen LogP contribution in [0.15, 0.2) is 12.1 Å². The molecule has 2 aliphatic heterocycles. The van der Waals surface area contributed by atoms with E-state index in [0.29, 0.717) is 17.6 Å². The van der Waals surface area contributed by atoms with Crippen molar-refractivity contribution in [2.45, 2.75) is 62.5 Å². The lowest BCUT2D eigenvalue weighted by molar-refractivity contribution is -0.919. The van der Waals surface area contributed by atoms with Gasteiger partial charge in [0.05, 0.1) is 24.5 Å². The van der Waals surface area contributed by atoms with E-state index in [0.717, 1.165) is 50.9 Å². The molecule has 6 rings (SSSR count). The Kier molecular flexibility index (Phi) is 2.49. The predicted molar refractivity (Wildman–Crippen MR) is 89.7 cm³/mol. The normalized spacial score (nSPS) is 44.8. The molecule has 1 spiro atoms. The summed E-state index contributed by atoms with van der Waals surface area (Å²) in [6.07, 6.45) is 7.89. The zero-order valence-electron chi connectivity index (χ0n) is 14.0. The quantitative estimate of drug-likeness (QED) is 0.670. The van der Waals surface area contributed by atoms with Gasteiger partial charge in [-0.3, -0.25) is 0 Å². The van der Waals surface area contributed by atoms with Crippen LogP contribution in [0.2, 0.25) is 0 Å². The van der Waals surface area contributed by atoms with E-state index in [1.54, 1.807) is 6.07 Å². The highest BCUT2D eigenvalue weighted by Gasteiger charge is 2.66. The maximum atomic E-state index is 13.8. The number of hydroxylamine groups is 3. The van der Waals surface area contributed by atoms with Crippen LogP contribution in [0.25, 0.3) is 0 Å². The lowest BCUT2D eigenvalue weighted by atomic mass is 9.51. The standard InChI is InChI=1S/C20H25NO3/c22-16-7-6-13-10-15-14-2-1-3-17-20(14,18(13)19(16)24-17)8-9-21(15,23)11-12-4-5-12/h6-7,12,14-15,17,22H,1-5,8-11H2/t14-,15+,17?,20+,21?/m0/s1. The summed E-state index contributed by atoms with van der Waals surface area (Å²) in [5.41, 5.74) is 2.58. The molecule has 3 aliphatic carbocycles. The van der Waals surface area contributed by atoms with Crippen molar-refractivity contribution in [3.8, 4) is 11.5 Å². The van der Waals surface area contributed by atoms with Gasteiger partial charge in [-0.05, 0) is 43.7 Å². The minimum atomic E-state index is 0.0142. The van der Waals surface area contributed by atoms with Gasteiger partial charge in [-0.25, -0.2) is 0 Å². The third-order valence-corrected chi connectivity index (χ3v) is 7.83. The second-order valence-corrected chi connectivity index (χ2v) is 8.96. The van der Waals surface area contributed by atoms with Gasteiger partial charge in [0.1, 0.15) is 6.10 Å². The number of rotatable bonds is 2. The number of quaternary nitrogens is 1. The Labute approximate surface area is 142 Å². The van der Waals surface area contributed by atoms with Gasteiger partial charge in [-0.1, -0.05) is 6.07 Å². The van der Waals surface area contributed by atoms with E-state index in [9.17, 15) is 10.3 Å². The maximum Gasteiger partial charge on any atom is 0.165 e. The fraction of sp³-hybridized carbons (Fsp3) is 0.700. The lowest BCUT2D eigenvalue weighted by Gasteiger charge is -2.64. The minimum Gasteiger partial charge on any atom is -0.633 e. The average Bonchev–Trinajstić information content (AvgIpc) is 3.30. The Hall–Kier alpha value is -1.26. The van der Waals surface area contributed by atoms with Crippen LogP contribution in [-0.4, -0.2) is 35.0 Å². The molecule has 2 bridgehead atoms. The van der Waals surface area contributed by atoms with Crippen molar-refractivity contribution in [1.29, 1.82) is 0 Å². The van der Waals surface area contributed by atoms with E-state index in [4.69, 9.17) is 4.74 Å². The minimum absolute atomic E-state index is 0.0142. The number of nitrogens with zero attached hydrogens (tertiary/aromatic N) is 1. The first-order valence-electron chi connectivity index (χ1n) is 9.71. The van der Waals surface area contributed by atoms with Gasteiger partial charge in [0.25, 0.3) is 0 Å². The van der Waals surface area contributed by atoms with Crippen LogP contribution in [0.4, 0.5) is 0 Å². The van der Waals surface area contributed by atoms with Crippen molar-refractivity contribution >= 4 is 0 Å². The molecular formula is C20H25NO3. The van der Waals surface area contributed by atoms with E-state index < -0.39 is 0 Å². The molecule has 0 amide bonds. The molecule has 0 radical (unpaired) electrons. The van der Waals surface area contributed by atoms with Gasteiger partial charge < -0.3 is 19.7 Å². The van der Waals surface area contributed by atoms with E-state index in [2.05, 4.69) is 6.07 Å². The largest absolute Gasteiger partial charge is 0.633 e. The number of piperidine rings is 1. The Bertz CT molecular complexity index is 730. The first-order valence-corrected chi connectivity index (χ1v) is 9.71. The van der Waals surface area contributed by atoms with E-state index >= 15 is 0 Å². The molecule has 1 N–H and O–H groups in total. The number of aromatic hydroxyl groups is 1. The summed E-state index contributed by atoms with van der Waals surface area (Å²) >= 11 is 0. The zero-order chi connectivity index (χ0) is 16.1. The first kappa shape index (κ1) is 14.0. The molecule has 5 aliphatic rings. The molecule has 5 atom stereocenters. The molecule has 3 fully saturated rings. The molecule has 1 saturated heterocycles. The monoisotopic (exact) mass is 327 g/mol. The summed E-state index contributed by atoms with van der Waals surface area (Å²) in [6.45, 7) is 1.58. The number of benzene rings is 1. The fourth-order valence-electron chi connectivity index (χ4n) is 6.72. The third-order valence-electron chi connectivity index (χ3n) is 7.83. The molecule has 128 valence electrons. The predicted octanol–water partition coefficient (Wildman–Crippen LogP) is 3.24. The number of ether oxygens (including phenoxy) is 1. The molecule has 24 heavy (non-hydrogen) atoms. The topological polar surface area (TPSA) is 52.5 Å². The van der Waals surface area contributed by atoms with Crippen molar-refractivity contribution in [3.63, 3.8) is 0 Å². The van der Waals surface area contributed by atoms with E-state index in [1.807, 2.05) is 0 Å². The first-order chi connectivity index (χ1) is 11.6. The zero-order valence-corrected chi connectivity index (χ0v) is 14.0. The maximum absolute atomic E-state index is 13.8.